The minimum atomic E-state index is -0.308. The van der Waals surface area contributed by atoms with Gasteiger partial charge in [-0.25, -0.2) is 14.4 Å². The SMILES string of the molecule is CCc1ncnc(N2CC(OCc3cccc4ccccc34)C2)c1F. The molecule has 128 valence electrons. The van der Waals surface area contributed by atoms with E-state index in [0.717, 1.165) is 0 Å². The third-order valence-electron chi connectivity index (χ3n) is 4.68. The van der Waals surface area contributed by atoms with E-state index < -0.39 is 0 Å². The van der Waals surface area contributed by atoms with Crippen LogP contribution in [0.25, 0.3) is 10.8 Å². The fourth-order valence-corrected chi connectivity index (χ4v) is 3.21. The van der Waals surface area contributed by atoms with Crippen molar-refractivity contribution in [3.8, 4) is 0 Å². The van der Waals surface area contributed by atoms with Crippen molar-refractivity contribution in [2.45, 2.75) is 26.1 Å². The predicted octanol–water partition coefficient (Wildman–Crippen LogP) is 3.74. The van der Waals surface area contributed by atoms with Crippen LogP contribution < -0.4 is 4.90 Å². The first-order valence-corrected chi connectivity index (χ1v) is 8.59. The van der Waals surface area contributed by atoms with Crippen LogP contribution in [-0.4, -0.2) is 29.2 Å². The molecule has 0 radical (unpaired) electrons. The predicted molar refractivity (Wildman–Crippen MR) is 96.1 cm³/mol. The molecule has 1 aliphatic rings. The Morgan fingerprint density at radius 3 is 2.76 bits per heavy atom. The number of nitrogens with zero attached hydrogens (tertiary/aromatic N) is 3. The average molecular weight is 337 g/mol. The number of aromatic nitrogens is 2. The Bertz CT molecular complexity index is 888. The van der Waals surface area contributed by atoms with Gasteiger partial charge in [-0.1, -0.05) is 49.4 Å². The summed E-state index contributed by atoms with van der Waals surface area (Å²) in [7, 11) is 0. The van der Waals surface area contributed by atoms with Crippen LogP contribution >= 0.6 is 0 Å². The topological polar surface area (TPSA) is 38.2 Å². The molecule has 0 aliphatic carbocycles. The summed E-state index contributed by atoms with van der Waals surface area (Å²) in [5, 5.41) is 2.43. The summed E-state index contributed by atoms with van der Waals surface area (Å²) in [6, 6.07) is 14.6. The molecule has 2 aromatic carbocycles. The maximum Gasteiger partial charge on any atom is 0.187 e. The number of hydrogen-bond acceptors (Lipinski definition) is 4. The van der Waals surface area contributed by atoms with E-state index in [2.05, 4.69) is 40.3 Å². The Hall–Kier alpha value is -2.53. The number of benzene rings is 2. The molecule has 0 atom stereocenters. The van der Waals surface area contributed by atoms with Gasteiger partial charge in [0.25, 0.3) is 0 Å². The third-order valence-corrected chi connectivity index (χ3v) is 4.68. The van der Waals surface area contributed by atoms with E-state index in [4.69, 9.17) is 4.74 Å². The fourth-order valence-electron chi connectivity index (χ4n) is 3.21. The van der Waals surface area contributed by atoms with Crippen molar-refractivity contribution in [2.75, 3.05) is 18.0 Å². The normalized spacial score (nSPS) is 14.7. The lowest BCUT2D eigenvalue weighted by atomic mass is 10.1. The molecule has 4 nitrogen and oxygen atoms in total. The smallest absolute Gasteiger partial charge is 0.187 e. The second kappa shape index (κ2) is 6.76. The van der Waals surface area contributed by atoms with Crippen LogP contribution in [0.4, 0.5) is 10.2 Å². The fraction of sp³-hybridized carbons (Fsp3) is 0.300. The number of aryl methyl sites for hydroxylation is 1. The van der Waals surface area contributed by atoms with Gasteiger partial charge in [-0.3, -0.25) is 0 Å². The molecule has 1 aromatic heterocycles. The molecular weight excluding hydrogens is 317 g/mol. The summed E-state index contributed by atoms with van der Waals surface area (Å²) in [5.41, 5.74) is 1.64. The van der Waals surface area contributed by atoms with E-state index in [9.17, 15) is 4.39 Å². The number of fused-ring (bicyclic) bond motifs is 1. The minimum Gasteiger partial charge on any atom is -0.370 e. The van der Waals surface area contributed by atoms with Gasteiger partial charge in [0.1, 0.15) is 6.33 Å². The monoisotopic (exact) mass is 337 g/mol. The third kappa shape index (κ3) is 3.07. The van der Waals surface area contributed by atoms with Gasteiger partial charge in [0.05, 0.1) is 18.4 Å². The molecule has 5 heteroatoms. The van der Waals surface area contributed by atoms with E-state index in [1.807, 2.05) is 24.0 Å². The quantitative estimate of drug-likeness (QED) is 0.711. The first-order valence-electron chi connectivity index (χ1n) is 8.59. The summed E-state index contributed by atoms with van der Waals surface area (Å²) in [6.45, 7) is 3.76. The highest BCUT2D eigenvalue weighted by Gasteiger charge is 2.31. The standard InChI is InChI=1S/C20H20FN3O/c1-2-18-19(21)20(23-13-22-18)24-10-16(11-24)25-12-15-8-5-7-14-6-3-4-9-17(14)15/h3-9,13,16H,2,10-12H2,1H3. The Labute approximate surface area is 146 Å². The summed E-state index contributed by atoms with van der Waals surface area (Å²) in [5.74, 6) is 0.0781. The summed E-state index contributed by atoms with van der Waals surface area (Å²) in [6.07, 6.45) is 2.09. The van der Waals surface area contributed by atoms with Gasteiger partial charge in [0.15, 0.2) is 11.6 Å². The highest BCUT2D eigenvalue weighted by molar-refractivity contribution is 5.85. The largest absolute Gasteiger partial charge is 0.370 e. The molecule has 2 heterocycles. The Morgan fingerprint density at radius 2 is 1.92 bits per heavy atom. The van der Waals surface area contributed by atoms with Gasteiger partial charge in [-0.15, -0.1) is 0 Å². The van der Waals surface area contributed by atoms with Crippen molar-refractivity contribution < 1.29 is 9.13 Å². The first-order chi connectivity index (χ1) is 12.3. The molecule has 1 aliphatic heterocycles. The lowest BCUT2D eigenvalue weighted by Crippen LogP contribution is -2.53. The molecule has 3 aromatic rings. The van der Waals surface area contributed by atoms with Crippen LogP contribution in [-0.2, 0) is 17.8 Å². The number of halogens is 1. The molecule has 0 spiro atoms. The van der Waals surface area contributed by atoms with Crippen molar-refractivity contribution in [2.24, 2.45) is 0 Å². The highest BCUT2D eigenvalue weighted by Crippen LogP contribution is 2.26. The molecule has 1 fully saturated rings. The molecule has 4 rings (SSSR count). The highest BCUT2D eigenvalue weighted by atomic mass is 19.1. The van der Waals surface area contributed by atoms with Crippen molar-refractivity contribution in [1.29, 1.82) is 0 Å². The maximum atomic E-state index is 14.3. The molecule has 25 heavy (non-hydrogen) atoms. The Balaban J connectivity index is 1.39. The van der Waals surface area contributed by atoms with Crippen LogP contribution in [0.5, 0.6) is 0 Å². The van der Waals surface area contributed by atoms with Gasteiger partial charge in [-0.2, -0.15) is 0 Å². The molecular formula is C20H20FN3O. The van der Waals surface area contributed by atoms with Crippen LogP contribution in [0, 0.1) is 5.82 Å². The summed E-state index contributed by atoms with van der Waals surface area (Å²) >= 11 is 0. The van der Waals surface area contributed by atoms with E-state index >= 15 is 0 Å². The van der Waals surface area contributed by atoms with Crippen LogP contribution in [0.15, 0.2) is 48.8 Å². The average Bonchev–Trinajstić information content (AvgIpc) is 2.61. The van der Waals surface area contributed by atoms with Crippen molar-refractivity contribution in [3.05, 3.63) is 65.9 Å². The molecule has 0 saturated carbocycles. The van der Waals surface area contributed by atoms with Gasteiger partial charge < -0.3 is 9.64 Å². The number of anilines is 1. The second-order valence-corrected chi connectivity index (χ2v) is 6.29. The van der Waals surface area contributed by atoms with Crippen LogP contribution in [0.2, 0.25) is 0 Å². The molecule has 0 bridgehead atoms. The van der Waals surface area contributed by atoms with Gasteiger partial charge in [-0.05, 0) is 22.8 Å². The van der Waals surface area contributed by atoms with Crippen molar-refractivity contribution in [1.82, 2.24) is 9.97 Å². The Morgan fingerprint density at radius 1 is 1.12 bits per heavy atom. The lowest BCUT2D eigenvalue weighted by molar-refractivity contribution is 0.0223. The zero-order valence-corrected chi connectivity index (χ0v) is 14.2. The van der Waals surface area contributed by atoms with E-state index in [1.54, 1.807) is 0 Å². The zero-order chi connectivity index (χ0) is 17.2. The van der Waals surface area contributed by atoms with Crippen LogP contribution in [0.1, 0.15) is 18.2 Å². The number of rotatable bonds is 5. The van der Waals surface area contributed by atoms with Crippen molar-refractivity contribution in [3.63, 3.8) is 0 Å². The minimum absolute atomic E-state index is 0.0958. The maximum absolute atomic E-state index is 14.3. The molecule has 1 saturated heterocycles. The van der Waals surface area contributed by atoms with E-state index in [0.29, 0.717) is 37.6 Å². The van der Waals surface area contributed by atoms with E-state index in [1.165, 1.54) is 22.7 Å². The molecule has 0 amide bonds. The number of hydrogen-bond donors (Lipinski definition) is 0. The van der Waals surface area contributed by atoms with Gasteiger partial charge >= 0.3 is 0 Å². The van der Waals surface area contributed by atoms with E-state index in [-0.39, 0.29) is 11.9 Å². The van der Waals surface area contributed by atoms with Crippen LogP contribution in [0.3, 0.4) is 0 Å². The lowest BCUT2D eigenvalue weighted by Gasteiger charge is -2.39. The number of ether oxygens (including phenoxy) is 1. The van der Waals surface area contributed by atoms with Gasteiger partial charge in [0, 0.05) is 13.1 Å². The summed E-state index contributed by atoms with van der Waals surface area (Å²) in [4.78, 5) is 9.97. The summed E-state index contributed by atoms with van der Waals surface area (Å²) < 4.78 is 20.3. The zero-order valence-electron chi connectivity index (χ0n) is 14.2. The van der Waals surface area contributed by atoms with Crippen molar-refractivity contribution >= 4 is 16.6 Å². The molecule has 0 N–H and O–H groups in total. The second-order valence-electron chi connectivity index (χ2n) is 6.29. The first kappa shape index (κ1) is 16.0. The molecule has 0 unspecified atom stereocenters. The van der Waals surface area contributed by atoms with Gasteiger partial charge in [0.2, 0.25) is 0 Å². The Kier molecular flexibility index (Phi) is 4.32.